The Morgan fingerprint density at radius 1 is 1.35 bits per heavy atom. The van der Waals surface area contributed by atoms with Crippen molar-refractivity contribution in [2.24, 2.45) is 0 Å². The molecule has 4 nitrogen and oxygen atoms in total. The van der Waals surface area contributed by atoms with Crippen molar-refractivity contribution in [1.29, 1.82) is 0 Å². The van der Waals surface area contributed by atoms with Crippen molar-refractivity contribution < 1.29 is 0 Å². The quantitative estimate of drug-likeness (QED) is 0.843. The third kappa shape index (κ3) is 3.90. The number of hydrogen-bond acceptors (Lipinski definition) is 3. The van der Waals surface area contributed by atoms with Gasteiger partial charge >= 0.3 is 0 Å². The SMILES string of the molecule is CCCn1ncnc1CC(NCC)c1cccc(Br)c1. The van der Waals surface area contributed by atoms with Crippen molar-refractivity contribution in [3.63, 3.8) is 0 Å². The van der Waals surface area contributed by atoms with Gasteiger partial charge in [-0.2, -0.15) is 5.10 Å². The predicted octanol–water partition coefficient (Wildman–Crippen LogP) is 3.34. The molecular formula is C15H21BrN4. The van der Waals surface area contributed by atoms with Gasteiger partial charge in [0.1, 0.15) is 12.2 Å². The van der Waals surface area contributed by atoms with Gasteiger partial charge in [-0.1, -0.05) is 41.9 Å². The molecule has 0 aliphatic rings. The highest BCUT2D eigenvalue weighted by Gasteiger charge is 2.15. The molecule has 2 rings (SSSR count). The van der Waals surface area contributed by atoms with Crippen LogP contribution in [0.25, 0.3) is 0 Å². The first-order valence-corrected chi connectivity index (χ1v) is 7.89. The minimum atomic E-state index is 0.261. The standard InChI is InChI=1S/C15H21BrN4/c1-3-8-20-15(18-11-19-20)10-14(17-4-2)12-6-5-7-13(16)9-12/h5-7,9,11,14,17H,3-4,8,10H2,1-2H3. The van der Waals surface area contributed by atoms with Gasteiger partial charge in [-0.05, 0) is 30.7 Å². The molecule has 108 valence electrons. The van der Waals surface area contributed by atoms with Crippen molar-refractivity contribution in [2.45, 2.75) is 39.3 Å². The van der Waals surface area contributed by atoms with Gasteiger partial charge in [-0.15, -0.1) is 0 Å². The smallest absolute Gasteiger partial charge is 0.138 e. The molecule has 1 N–H and O–H groups in total. The summed E-state index contributed by atoms with van der Waals surface area (Å²) in [7, 11) is 0. The Hall–Kier alpha value is -1.20. The Balaban J connectivity index is 2.18. The van der Waals surface area contributed by atoms with Crippen LogP contribution in [0.3, 0.4) is 0 Å². The molecule has 1 aromatic carbocycles. The summed E-state index contributed by atoms with van der Waals surface area (Å²) in [6.07, 6.45) is 3.57. The number of halogens is 1. The first kappa shape index (κ1) is 15.2. The van der Waals surface area contributed by atoms with Crippen LogP contribution in [0.15, 0.2) is 35.1 Å². The van der Waals surface area contributed by atoms with Crippen molar-refractivity contribution >= 4 is 15.9 Å². The number of hydrogen-bond donors (Lipinski definition) is 1. The summed E-state index contributed by atoms with van der Waals surface area (Å²) in [5, 5.41) is 7.83. The molecule has 1 aromatic heterocycles. The summed E-state index contributed by atoms with van der Waals surface area (Å²) in [6, 6.07) is 8.69. The van der Waals surface area contributed by atoms with Crippen LogP contribution < -0.4 is 5.32 Å². The third-order valence-electron chi connectivity index (χ3n) is 3.22. The van der Waals surface area contributed by atoms with E-state index in [1.807, 2.05) is 10.7 Å². The molecule has 20 heavy (non-hydrogen) atoms. The van der Waals surface area contributed by atoms with Crippen LogP contribution in [0, 0.1) is 0 Å². The number of nitrogens with one attached hydrogen (secondary N) is 1. The maximum atomic E-state index is 4.40. The fraction of sp³-hybridized carbons (Fsp3) is 0.467. The molecule has 0 aliphatic carbocycles. The monoisotopic (exact) mass is 336 g/mol. The molecule has 1 unspecified atom stereocenters. The van der Waals surface area contributed by atoms with Crippen LogP contribution in [0.4, 0.5) is 0 Å². The summed E-state index contributed by atoms with van der Waals surface area (Å²) >= 11 is 3.54. The summed E-state index contributed by atoms with van der Waals surface area (Å²) < 4.78 is 3.11. The Kier molecular flexibility index (Phi) is 5.73. The number of likely N-dealkylation sites (N-methyl/N-ethyl adjacent to an activating group) is 1. The number of aromatic nitrogens is 3. The fourth-order valence-electron chi connectivity index (χ4n) is 2.30. The van der Waals surface area contributed by atoms with Crippen LogP contribution >= 0.6 is 15.9 Å². The lowest BCUT2D eigenvalue weighted by atomic mass is 10.0. The summed E-state index contributed by atoms with van der Waals surface area (Å²) in [5.74, 6) is 1.04. The van der Waals surface area contributed by atoms with Gasteiger partial charge in [-0.3, -0.25) is 4.68 Å². The molecule has 1 atom stereocenters. The highest BCUT2D eigenvalue weighted by molar-refractivity contribution is 9.10. The van der Waals surface area contributed by atoms with E-state index < -0.39 is 0 Å². The second-order valence-electron chi connectivity index (χ2n) is 4.77. The first-order chi connectivity index (χ1) is 9.74. The Morgan fingerprint density at radius 2 is 2.20 bits per heavy atom. The van der Waals surface area contributed by atoms with Crippen molar-refractivity contribution in [1.82, 2.24) is 20.1 Å². The molecule has 0 saturated carbocycles. The van der Waals surface area contributed by atoms with E-state index >= 15 is 0 Å². The van der Waals surface area contributed by atoms with Crippen molar-refractivity contribution in [3.8, 4) is 0 Å². The van der Waals surface area contributed by atoms with Gasteiger partial charge in [0.05, 0.1) is 0 Å². The zero-order chi connectivity index (χ0) is 14.4. The van der Waals surface area contributed by atoms with E-state index in [4.69, 9.17) is 0 Å². The third-order valence-corrected chi connectivity index (χ3v) is 3.71. The minimum Gasteiger partial charge on any atom is -0.310 e. The Labute approximate surface area is 128 Å². The Bertz CT molecular complexity index is 538. The average Bonchev–Trinajstić information content (AvgIpc) is 2.86. The summed E-state index contributed by atoms with van der Waals surface area (Å²) in [6.45, 7) is 6.13. The van der Waals surface area contributed by atoms with E-state index in [0.29, 0.717) is 0 Å². The number of benzene rings is 1. The minimum absolute atomic E-state index is 0.261. The van der Waals surface area contributed by atoms with Gasteiger partial charge in [0.2, 0.25) is 0 Å². The zero-order valence-corrected chi connectivity index (χ0v) is 13.6. The normalized spacial score (nSPS) is 12.6. The van der Waals surface area contributed by atoms with Crippen LogP contribution in [0.1, 0.15) is 37.7 Å². The van der Waals surface area contributed by atoms with Gasteiger partial charge < -0.3 is 5.32 Å². The lowest BCUT2D eigenvalue weighted by Crippen LogP contribution is -2.24. The van der Waals surface area contributed by atoms with Gasteiger partial charge in [-0.25, -0.2) is 4.98 Å². The second kappa shape index (κ2) is 7.55. The molecule has 1 heterocycles. The van der Waals surface area contributed by atoms with Gasteiger partial charge in [0.25, 0.3) is 0 Å². The second-order valence-corrected chi connectivity index (χ2v) is 5.68. The van der Waals surface area contributed by atoms with E-state index in [9.17, 15) is 0 Å². The molecule has 5 heteroatoms. The molecule has 0 radical (unpaired) electrons. The molecule has 0 aliphatic heterocycles. The van der Waals surface area contributed by atoms with E-state index in [0.717, 1.165) is 36.2 Å². The topological polar surface area (TPSA) is 42.7 Å². The maximum Gasteiger partial charge on any atom is 0.138 e. The maximum absolute atomic E-state index is 4.40. The van der Waals surface area contributed by atoms with Crippen molar-refractivity contribution in [3.05, 3.63) is 46.5 Å². The Morgan fingerprint density at radius 3 is 2.90 bits per heavy atom. The lowest BCUT2D eigenvalue weighted by Gasteiger charge is -2.18. The van der Waals surface area contributed by atoms with E-state index in [2.05, 4.69) is 63.4 Å². The lowest BCUT2D eigenvalue weighted by molar-refractivity contribution is 0.498. The van der Waals surface area contributed by atoms with Gasteiger partial charge in [0, 0.05) is 23.5 Å². The zero-order valence-electron chi connectivity index (χ0n) is 12.0. The largest absolute Gasteiger partial charge is 0.310 e. The predicted molar refractivity (Wildman–Crippen MR) is 84.6 cm³/mol. The first-order valence-electron chi connectivity index (χ1n) is 7.10. The van der Waals surface area contributed by atoms with E-state index in [1.54, 1.807) is 6.33 Å². The molecule has 0 bridgehead atoms. The van der Waals surface area contributed by atoms with E-state index in [-0.39, 0.29) is 6.04 Å². The van der Waals surface area contributed by atoms with Crippen molar-refractivity contribution in [2.75, 3.05) is 6.54 Å². The average molecular weight is 337 g/mol. The van der Waals surface area contributed by atoms with Crippen LogP contribution in [-0.4, -0.2) is 21.3 Å². The fourth-order valence-corrected chi connectivity index (χ4v) is 2.72. The molecule has 2 aromatic rings. The molecular weight excluding hydrogens is 316 g/mol. The number of nitrogens with zero attached hydrogens (tertiary/aromatic N) is 3. The van der Waals surface area contributed by atoms with E-state index in [1.165, 1.54) is 5.56 Å². The highest BCUT2D eigenvalue weighted by atomic mass is 79.9. The number of rotatable bonds is 7. The number of aryl methyl sites for hydroxylation is 1. The molecule has 0 fully saturated rings. The molecule has 0 spiro atoms. The molecule has 0 amide bonds. The van der Waals surface area contributed by atoms with Crippen LogP contribution in [0.5, 0.6) is 0 Å². The summed E-state index contributed by atoms with van der Waals surface area (Å²) in [4.78, 5) is 4.40. The van der Waals surface area contributed by atoms with Crippen LogP contribution in [-0.2, 0) is 13.0 Å². The summed E-state index contributed by atoms with van der Waals surface area (Å²) in [5.41, 5.74) is 1.27. The highest BCUT2D eigenvalue weighted by Crippen LogP contribution is 2.21. The van der Waals surface area contributed by atoms with Gasteiger partial charge in [0.15, 0.2) is 0 Å². The molecule has 0 saturated heterocycles. The van der Waals surface area contributed by atoms with Crippen LogP contribution in [0.2, 0.25) is 0 Å².